The number of carbonyl (C=O) groups is 2. The standard InChI is InChI=1S/C27H21N5O.C23H19N5O.C22H17N5O2.C21H19N5O2.C21H17N5O/c1-18-12-14-21(15-13-18)25-29-22(16-28)24-26(30-25)32(23-11-7-6-8-19(23)2)27(33)31(24)17-20-9-4-3-5-10-20;1-4-13-27-20-18(14-24)25-21(17-11-9-15(2)10-12-17)26-22(20)28(23(27)29)19-8-6-5-7-16(19)3;1-13-8-10-16(11-9-13)20-24-17(12-23)19-21(26-20)27(22(25-19)29-15(3)28)18-7-5-4-6-14(18)2;1-12-8-10-14(11-9-12)19-23-16(18(22)27)17-20(24-19)26(21(28)25(17)3)15-7-5-4-6-13(15)2;1-13-8-10-15(11-9-13)19-23-16(12-22)18-20(24-19)26(21(27)25(18)3)17-7-5-4-6-14(17)2/h3-15H,17H2,1-2H3;4-12H,1,13H2,2-3H3;4-11H,1-3H3;4-11H,1-3H3,(H2,22,27);4-11H,1-3H3. The van der Waals surface area contributed by atoms with Crippen molar-refractivity contribution in [3.8, 4) is 116 Å². The summed E-state index contributed by atoms with van der Waals surface area (Å²) in [4.78, 5) is 127. The molecule has 0 saturated heterocycles. The van der Waals surface area contributed by atoms with Crippen LogP contribution in [0.3, 0.4) is 0 Å². The zero-order valence-electron chi connectivity index (χ0n) is 81.8. The van der Waals surface area contributed by atoms with E-state index in [9.17, 15) is 49.8 Å². The van der Waals surface area contributed by atoms with Crippen LogP contribution in [0.1, 0.15) is 101 Å². The number of aryl methyl sites for hydroxylation is 12. The minimum absolute atomic E-state index is 0.0208. The molecule has 21 aromatic rings. The summed E-state index contributed by atoms with van der Waals surface area (Å²) in [5.41, 5.74) is 27.8. The third-order valence-corrected chi connectivity index (χ3v) is 24.5. The second-order valence-electron chi connectivity index (χ2n) is 34.8. The summed E-state index contributed by atoms with van der Waals surface area (Å²) in [7, 11) is 3.22. The molecule has 0 fully saturated rings. The van der Waals surface area contributed by atoms with Crippen LogP contribution in [0.15, 0.2) is 305 Å². The number of benzene rings is 11. The van der Waals surface area contributed by atoms with Gasteiger partial charge in [0.2, 0.25) is 0 Å². The monoisotopic (exact) mass is 1920 g/mol. The number of hydrogen-bond donors (Lipinski definition) is 1. The molecule has 0 radical (unpaired) electrons. The summed E-state index contributed by atoms with van der Waals surface area (Å²) >= 11 is 0. The van der Waals surface area contributed by atoms with Crippen molar-refractivity contribution in [1.82, 2.24) is 95.9 Å². The second-order valence-corrected chi connectivity index (χ2v) is 34.8. The Morgan fingerprint density at radius 1 is 0.329 bits per heavy atom. The third kappa shape index (κ3) is 19.3. The Balaban J connectivity index is 0.000000125. The number of imidazole rings is 5. The molecular formula is C114H93N25O7. The molecule has 0 aliphatic rings. The number of allylic oxidation sites excluding steroid dienone is 1. The normalized spacial score (nSPS) is 10.9. The Hall–Kier alpha value is -20.0. The van der Waals surface area contributed by atoms with Crippen molar-refractivity contribution in [3.05, 3.63) is 417 Å². The highest BCUT2D eigenvalue weighted by Gasteiger charge is 2.30. The van der Waals surface area contributed by atoms with Crippen molar-refractivity contribution < 1.29 is 14.3 Å². The number of carbonyl (C=O) groups excluding carboxylic acids is 2. The van der Waals surface area contributed by atoms with Crippen molar-refractivity contribution in [2.75, 3.05) is 0 Å². The van der Waals surface area contributed by atoms with Gasteiger partial charge in [-0.15, -0.1) is 6.58 Å². The smallest absolute Gasteiger partial charge is 0.335 e. The van der Waals surface area contributed by atoms with E-state index in [4.69, 9.17) is 20.4 Å². The predicted molar refractivity (Wildman–Crippen MR) is 560 cm³/mol. The van der Waals surface area contributed by atoms with E-state index in [0.717, 1.165) is 112 Å². The Morgan fingerprint density at radius 3 is 0.945 bits per heavy atom. The lowest BCUT2D eigenvalue weighted by Crippen LogP contribution is -2.24. The Bertz CT molecular complexity index is 9210. The maximum atomic E-state index is 13.8. The van der Waals surface area contributed by atoms with Gasteiger partial charge in [-0.25, -0.2) is 91.9 Å². The number of nitriles is 4. The molecule has 0 spiro atoms. The van der Waals surface area contributed by atoms with Crippen molar-refractivity contribution in [2.45, 2.75) is 89.3 Å². The molecule has 0 aliphatic carbocycles. The summed E-state index contributed by atoms with van der Waals surface area (Å²) in [5, 5.41) is 39.1. The first-order valence-corrected chi connectivity index (χ1v) is 46.2. The minimum Gasteiger partial charge on any atom is -0.392 e. The molecular weight excluding hydrogens is 1830 g/mol. The van der Waals surface area contributed by atoms with Gasteiger partial charge in [-0.1, -0.05) is 277 Å². The summed E-state index contributed by atoms with van der Waals surface area (Å²) in [6.45, 7) is 25.3. The Labute approximate surface area is 836 Å². The highest BCUT2D eigenvalue weighted by Crippen LogP contribution is 2.35. The molecule has 1 amide bonds. The lowest BCUT2D eigenvalue weighted by molar-refractivity contribution is -0.132. The molecule has 10 heterocycles. The topological polar surface area (TPSA) is 419 Å². The highest BCUT2D eigenvalue weighted by molar-refractivity contribution is 6.02. The lowest BCUT2D eigenvalue weighted by atomic mass is 10.1. The van der Waals surface area contributed by atoms with E-state index in [1.165, 1.54) is 25.2 Å². The van der Waals surface area contributed by atoms with Gasteiger partial charge in [0.25, 0.3) is 5.91 Å². The van der Waals surface area contributed by atoms with Crippen LogP contribution < -0.4 is 33.2 Å². The number of fused-ring (bicyclic) bond motifs is 5. The number of ether oxygens (including phenoxy) is 1. The van der Waals surface area contributed by atoms with Gasteiger partial charge in [-0.3, -0.25) is 27.9 Å². The molecule has 716 valence electrons. The molecule has 10 aromatic heterocycles. The van der Waals surface area contributed by atoms with E-state index in [1.807, 2.05) is 342 Å². The van der Waals surface area contributed by atoms with Crippen molar-refractivity contribution in [3.63, 3.8) is 0 Å². The van der Waals surface area contributed by atoms with Gasteiger partial charge in [0.1, 0.15) is 51.9 Å². The van der Waals surface area contributed by atoms with Gasteiger partial charge in [-0.05, 0) is 133 Å². The van der Waals surface area contributed by atoms with Gasteiger partial charge in [0.15, 0.2) is 85.8 Å². The number of nitrogens with two attached hydrogens (primary N) is 1. The third-order valence-electron chi connectivity index (χ3n) is 24.5. The Morgan fingerprint density at radius 2 is 0.610 bits per heavy atom. The predicted octanol–water partition coefficient (Wildman–Crippen LogP) is 18.4. The first kappa shape index (κ1) is 97.6. The lowest BCUT2D eigenvalue weighted by Gasteiger charge is -2.11. The first-order chi connectivity index (χ1) is 70.5. The average Bonchev–Trinajstić information content (AvgIpc) is 1.60. The van der Waals surface area contributed by atoms with E-state index < -0.39 is 11.9 Å². The SMILES string of the molecule is C=CCn1c(=O)n(-c2ccccc2C)c2nc(-c3ccc(C)cc3)nc(C#N)c21.CC(=O)Oc1nc2c(C#N)nc(-c3ccc(C)cc3)nc2n1-c1ccccc1C.Cc1ccc(-c2nc(C#N)c3c(n2)n(-c2ccccc2C)c(=O)n3C)cc1.Cc1ccc(-c2nc(C#N)c3c(n2)n(-c2ccccc2C)c(=O)n3Cc2ccccc2)cc1.Cc1ccc(-c2nc(C(N)=O)c3c(n2)n(-c2ccccc2C)c(=O)n3C)cc1. The molecule has 0 bridgehead atoms. The number of aromatic nitrogens is 20. The number of nitrogens with zero attached hydrogens (tertiary/aromatic N) is 24. The second kappa shape index (κ2) is 41.6. The van der Waals surface area contributed by atoms with Crippen LogP contribution in [0.2, 0.25) is 0 Å². The van der Waals surface area contributed by atoms with Crippen molar-refractivity contribution in [2.24, 2.45) is 19.8 Å². The number of amides is 1. The number of para-hydroxylation sites is 5. The van der Waals surface area contributed by atoms with E-state index in [-0.39, 0.29) is 69.3 Å². The van der Waals surface area contributed by atoms with Crippen LogP contribution in [0.5, 0.6) is 6.01 Å². The molecule has 0 atom stereocenters. The Kier molecular flexibility index (Phi) is 27.8. The van der Waals surface area contributed by atoms with Crippen LogP contribution in [0.4, 0.5) is 0 Å². The molecule has 0 saturated carbocycles. The minimum atomic E-state index is -0.710. The van der Waals surface area contributed by atoms with Crippen LogP contribution in [-0.2, 0) is 32.0 Å². The quantitative estimate of drug-likeness (QED) is 0.0693. The zero-order chi connectivity index (χ0) is 103. The number of primary amides is 1. The zero-order valence-corrected chi connectivity index (χ0v) is 81.8. The summed E-state index contributed by atoms with van der Waals surface area (Å²) < 4.78 is 19.0. The fraction of sp³-hybridized carbons (Fsp3) is 0.132. The summed E-state index contributed by atoms with van der Waals surface area (Å²) in [6, 6.07) is 94.9. The van der Waals surface area contributed by atoms with Crippen molar-refractivity contribution >= 4 is 67.7 Å². The van der Waals surface area contributed by atoms with Crippen molar-refractivity contribution in [1.29, 1.82) is 21.0 Å². The van der Waals surface area contributed by atoms with E-state index in [1.54, 1.807) is 43.0 Å². The fourth-order valence-electron chi connectivity index (χ4n) is 16.9. The highest BCUT2D eigenvalue weighted by atomic mass is 16.5. The molecule has 0 aliphatic heterocycles. The molecule has 32 heteroatoms. The summed E-state index contributed by atoms with van der Waals surface area (Å²) in [6.07, 6.45) is 1.62. The number of hydrogen-bond acceptors (Lipinski definition) is 22. The van der Waals surface area contributed by atoms with Crippen LogP contribution >= 0.6 is 0 Å². The van der Waals surface area contributed by atoms with E-state index in [0.29, 0.717) is 91.7 Å². The molecule has 11 aromatic carbocycles. The maximum Gasteiger partial charge on any atom is 0.335 e. The summed E-state index contributed by atoms with van der Waals surface area (Å²) in [5.74, 6) is 0.767. The molecule has 21 rings (SSSR count). The molecule has 2 N–H and O–H groups in total. The van der Waals surface area contributed by atoms with Gasteiger partial charge in [0.05, 0.1) is 35.0 Å². The molecule has 146 heavy (non-hydrogen) atoms. The van der Waals surface area contributed by atoms with Gasteiger partial charge >= 0.3 is 34.7 Å². The van der Waals surface area contributed by atoms with Gasteiger partial charge < -0.3 is 10.5 Å². The number of rotatable bonds is 16. The van der Waals surface area contributed by atoms with Crippen LogP contribution in [0.25, 0.3) is 141 Å². The van der Waals surface area contributed by atoms with Crippen LogP contribution in [-0.4, -0.2) is 108 Å². The molecule has 0 unspecified atom stereocenters. The fourth-order valence-corrected chi connectivity index (χ4v) is 16.9. The maximum absolute atomic E-state index is 13.8. The van der Waals surface area contributed by atoms with E-state index in [2.05, 4.69) is 75.7 Å². The van der Waals surface area contributed by atoms with Crippen LogP contribution in [0, 0.1) is 115 Å². The largest absolute Gasteiger partial charge is 0.392 e. The number of esters is 1. The molecule has 32 nitrogen and oxygen atoms in total. The van der Waals surface area contributed by atoms with Gasteiger partial charge in [0, 0.05) is 55.4 Å². The first-order valence-electron chi connectivity index (χ1n) is 46.2. The van der Waals surface area contributed by atoms with E-state index >= 15 is 0 Å². The van der Waals surface area contributed by atoms with Gasteiger partial charge in [-0.2, -0.15) is 26.0 Å². The average molecular weight is 1930 g/mol.